The van der Waals surface area contributed by atoms with Gasteiger partial charge >= 0.3 is 0 Å². The minimum atomic E-state index is 0.00570. The Labute approximate surface area is 131 Å². The predicted octanol–water partition coefficient (Wildman–Crippen LogP) is 3.39. The van der Waals surface area contributed by atoms with E-state index in [0.717, 1.165) is 31.5 Å². The van der Waals surface area contributed by atoms with Gasteiger partial charge in [0.25, 0.3) is 0 Å². The van der Waals surface area contributed by atoms with Crippen molar-refractivity contribution in [1.82, 2.24) is 15.2 Å². The van der Waals surface area contributed by atoms with Crippen molar-refractivity contribution in [2.45, 2.75) is 45.7 Å². The van der Waals surface area contributed by atoms with Gasteiger partial charge in [-0.25, -0.2) is 0 Å². The molecule has 5 heteroatoms. The van der Waals surface area contributed by atoms with Gasteiger partial charge in [0, 0.05) is 6.54 Å². The Morgan fingerprint density at radius 3 is 2.81 bits per heavy atom. The SMILES string of the molecule is CCCn1ncc(Cl)c1C(CCc1ccccc1C)NN. The number of hydrazine groups is 1. The molecular weight excluding hydrogens is 284 g/mol. The first-order valence-corrected chi connectivity index (χ1v) is 7.77. The highest BCUT2D eigenvalue weighted by Gasteiger charge is 2.19. The maximum absolute atomic E-state index is 6.29. The molecule has 1 aromatic carbocycles. The summed E-state index contributed by atoms with van der Waals surface area (Å²) >= 11 is 6.29. The predicted molar refractivity (Wildman–Crippen MR) is 87.1 cm³/mol. The summed E-state index contributed by atoms with van der Waals surface area (Å²) in [6.07, 6.45) is 4.55. The number of rotatable bonds is 7. The van der Waals surface area contributed by atoms with Crippen LogP contribution in [0.2, 0.25) is 5.02 Å². The number of nitrogens with two attached hydrogens (primary N) is 1. The molecule has 0 fully saturated rings. The smallest absolute Gasteiger partial charge is 0.0834 e. The monoisotopic (exact) mass is 306 g/mol. The molecule has 3 N–H and O–H groups in total. The van der Waals surface area contributed by atoms with Crippen LogP contribution in [0.5, 0.6) is 0 Å². The number of halogens is 1. The first-order chi connectivity index (χ1) is 10.2. The van der Waals surface area contributed by atoms with E-state index in [0.29, 0.717) is 5.02 Å². The zero-order valence-corrected chi connectivity index (χ0v) is 13.4. The van der Waals surface area contributed by atoms with Crippen LogP contribution in [0.25, 0.3) is 0 Å². The van der Waals surface area contributed by atoms with Crippen LogP contribution in [0, 0.1) is 6.92 Å². The topological polar surface area (TPSA) is 55.9 Å². The molecule has 0 amide bonds. The average Bonchev–Trinajstić information content (AvgIpc) is 2.84. The second kappa shape index (κ2) is 7.59. The zero-order valence-electron chi connectivity index (χ0n) is 12.6. The van der Waals surface area contributed by atoms with Gasteiger partial charge in [-0.1, -0.05) is 42.8 Å². The van der Waals surface area contributed by atoms with Gasteiger partial charge in [-0.05, 0) is 37.3 Å². The normalized spacial score (nSPS) is 12.6. The summed E-state index contributed by atoms with van der Waals surface area (Å²) in [4.78, 5) is 0. The van der Waals surface area contributed by atoms with E-state index in [1.54, 1.807) is 6.20 Å². The van der Waals surface area contributed by atoms with E-state index < -0.39 is 0 Å². The van der Waals surface area contributed by atoms with Gasteiger partial charge in [-0.15, -0.1) is 0 Å². The highest BCUT2D eigenvalue weighted by atomic mass is 35.5. The molecule has 0 saturated heterocycles. The van der Waals surface area contributed by atoms with Crippen LogP contribution in [-0.2, 0) is 13.0 Å². The Morgan fingerprint density at radius 1 is 1.38 bits per heavy atom. The molecule has 1 heterocycles. The van der Waals surface area contributed by atoms with Crippen LogP contribution >= 0.6 is 11.6 Å². The first kappa shape index (κ1) is 16.0. The fourth-order valence-electron chi connectivity index (χ4n) is 2.60. The fraction of sp³-hybridized carbons (Fsp3) is 0.438. The van der Waals surface area contributed by atoms with Crippen LogP contribution in [0.3, 0.4) is 0 Å². The molecule has 0 aliphatic heterocycles. The summed E-state index contributed by atoms with van der Waals surface area (Å²) in [5, 5.41) is 5.01. The molecule has 0 aliphatic carbocycles. The quantitative estimate of drug-likeness (QED) is 0.609. The second-order valence-corrected chi connectivity index (χ2v) is 5.69. The average molecular weight is 307 g/mol. The molecule has 1 atom stereocenters. The summed E-state index contributed by atoms with van der Waals surface area (Å²) in [5.74, 6) is 5.75. The zero-order chi connectivity index (χ0) is 15.2. The third-order valence-electron chi connectivity index (χ3n) is 3.76. The van der Waals surface area contributed by atoms with Crippen molar-refractivity contribution in [2.75, 3.05) is 0 Å². The van der Waals surface area contributed by atoms with E-state index in [1.807, 2.05) is 4.68 Å². The fourth-order valence-corrected chi connectivity index (χ4v) is 2.87. The standard InChI is InChI=1S/C16H23ClN4/c1-3-10-21-16(14(17)11-19-21)15(20-18)9-8-13-7-5-4-6-12(13)2/h4-7,11,15,20H,3,8-10,18H2,1-2H3. The van der Waals surface area contributed by atoms with Crippen LogP contribution in [0.4, 0.5) is 0 Å². The number of hydrogen-bond donors (Lipinski definition) is 2. The Kier molecular flexibility index (Phi) is 5.79. The van der Waals surface area contributed by atoms with Crippen LogP contribution in [0.1, 0.15) is 42.6 Å². The summed E-state index contributed by atoms with van der Waals surface area (Å²) in [5.41, 5.74) is 6.52. The molecule has 1 unspecified atom stereocenters. The molecule has 2 aromatic rings. The number of aromatic nitrogens is 2. The Bertz CT molecular complexity index is 579. The molecule has 114 valence electrons. The highest BCUT2D eigenvalue weighted by Crippen LogP contribution is 2.26. The Morgan fingerprint density at radius 2 is 2.14 bits per heavy atom. The number of benzene rings is 1. The molecule has 1 aromatic heterocycles. The molecule has 0 saturated carbocycles. The van der Waals surface area contributed by atoms with Crippen molar-refractivity contribution < 1.29 is 0 Å². The maximum atomic E-state index is 6.29. The van der Waals surface area contributed by atoms with Gasteiger partial charge in [0.15, 0.2) is 0 Å². The van der Waals surface area contributed by atoms with E-state index in [-0.39, 0.29) is 6.04 Å². The van der Waals surface area contributed by atoms with E-state index in [2.05, 4.69) is 48.6 Å². The van der Waals surface area contributed by atoms with Gasteiger partial charge in [-0.3, -0.25) is 16.0 Å². The van der Waals surface area contributed by atoms with Crippen LogP contribution < -0.4 is 11.3 Å². The lowest BCUT2D eigenvalue weighted by Gasteiger charge is -2.19. The molecule has 0 radical (unpaired) electrons. The highest BCUT2D eigenvalue weighted by molar-refractivity contribution is 6.31. The molecular formula is C16H23ClN4. The summed E-state index contributed by atoms with van der Waals surface area (Å²) in [6, 6.07) is 8.43. The van der Waals surface area contributed by atoms with Gasteiger partial charge in [0.2, 0.25) is 0 Å². The first-order valence-electron chi connectivity index (χ1n) is 7.39. The molecule has 4 nitrogen and oxygen atoms in total. The molecule has 0 spiro atoms. The molecule has 2 rings (SSSR count). The largest absolute Gasteiger partial charge is 0.271 e. The van der Waals surface area contributed by atoms with Crippen molar-refractivity contribution in [3.63, 3.8) is 0 Å². The van der Waals surface area contributed by atoms with E-state index in [4.69, 9.17) is 17.4 Å². The van der Waals surface area contributed by atoms with Crippen molar-refractivity contribution in [1.29, 1.82) is 0 Å². The minimum Gasteiger partial charge on any atom is -0.271 e. The van der Waals surface area contributed by atoms with E-state index in [1.165, 1.54) is 11.1 Å². The van der Waals surface area contributed by atoms with Crippen LogP contribution in [-0.4, -0.2) is 9.78 Å². The number of nitrogens with zero attached hydrogens (tertiary/aromatic N) is 2. The molecule has 21 heavy (non-hydrogen) atoms. The van der Waals surface area contributed by atoms with Gasteiger partial charge < -0.3 is 0 Å². The number of hydrogen-bond acceptors (Lipinski definition) is 3. The van der Waals surface area contributed by atoms with Crippen molar-refractivity contribution in [3.05, 3.63) is 52.3 Å². The van der Waals surface area contributed by atoms with Crippen molar-refractivity contribution in [2.24, 2.45) is 5.84 Å². The summed E-state index contributed by atoms with van der Waals surface area (Å²) < 4.78 is 1.95. The van der Waals surface area contributed by atoms with Crippen molar-refractivity contribution in [3.8, 4) is 0 Å². The van der Waals surface area contributed by atoms with Crippen LogP contribution in [0.15, 0.2) is 30.5 Å². The lowest BCUT2D eigenvalue weighted by atomic mass is 10.00. The van der Waals surface area contributed by atoms with Gasteiger partial charge in [0.05, 0.1) is 23.0 Å². The summed E-state index contributed by atoms with van der Waals surface area (Å²) in [6.45, 7) is 5.11. The molecule has 0 aliphatic rings. The molecule has 0 bridgehead atoms. The van der Waals surface area contributed by atoms with Gasteiger partial charge in [-0.2, -0.15) is 5.10 Å². The third kappa shape index (κ3) is 3.84. The second-order valence-electron chi connectivity index (χ2n) is 5.29. The number of nitrogens with one attached hydrogen (secondary N) is 1. The number of aryl methyl sites for hydroxylation is 3. The summed E-state index contributed by atoms with van der Waals surface area (Å²) in [7, 11) is 0. The van der Waals surface area contributed by atoms with Gasteiger partial charge in [0.1, 0.15) is 0 Å². The Hall–Kier alpha value is -1.36. The van der Waals surface area contributed by atoms with Crippen molar-refractivity contribution >= 4 is 11.6 Å². The lowest BCUT2D eigenvalue weighted by molar-refractivity contribution is 0.457. The van der Waals surface area contributed by atoms with E-state index >= 15 is 0 Å². The third-order valence-corrected chi connectivity index (χ3v) is 4.05. The van der Waals surface area contributed by atoms with E-state index in [9.17, 15) is 0 Å². The maximum Gasteiger partial charge on any atom is 0.0834 e. The minimum absolute atomic E-state index is 0.00570. The Balaban J connectivity index is 2.13. The lowest BCUT2D eigenvalue weighted by Crippen LogP contribution is -2.30.